The minimum absolute atomic E-state index is 0.0190. The van der Waals surface area contributed by atoms with E-state index in [2.05, 4.69) is 5.32 Å². The summed E-state index contributed by atoms with van der Waals surface area (Å²) < 4.78 is 26.9. The third-order valence-electron chi connectivity index (χ3n) is 5.00. The highest BCUT2D eigenvalue weighted by Crippen LogP contribution is 2.30. The Kier molecular flexibility index (Phi) is 7.19. The van der Waals surface area contributed by atoms with Crippen LogP contribution in [0.3, 0.4) is 0 Å². The minimum atomic E-state index is -3.39. The largest absolute Gasteiger partial charge is 0.322 e. The van der Waals surface area contributed by atoms with E-state index in [0.29, 0.717) is 41.9 Å². The van der Waals surface area contributed by atoms with Gasteiger partial charge in [0.2, 0.25) is 15.9 Å². The maximum Gasteiger partial charge on any atom is 0.241 e. The van der Waals surface area contributed by atoms with Crippen molar-refractivity contribution < 1.29 is 13.2 Å². The fourth-order valence-corrected chi connectivity index (χ4v) is 5.26. The molecule has 1 N–H and O–H groups in total. The van der Waals surface area contributed by atoms with Gasteiger partial charge in [0, 0.05) is 26.2 Å². The summed E-state index contributed by atoms with van der Waals surface area (Å²) in [5.41, 5.74) is 1.15. The molecule has 0 spiro atoms. The highest BCUT2D eigenvalue weighted by Gasteiger charge is 2.31. The molecule has 1 fully saturated rings. The van der Waals surface area contributed by atoms with Crippen LogP contribution in [0.5, 0.6) is 0 Å². The molecule has 156 valence electrons. The van der Waals surface area contributed by atoms with Crippen molar-refractivity contribution in [3.63, 3.8) is 0 Å². The number of benzene rings is 2. The van der Waals surface area contributed by atoms with Crippen molar-refractivity contribution >= 4 is 44.8 Å². The van der Waals surface area contributed by atoms with Crippen LogP contribution in [0.1, 0.15) is 12.5 Å². The highest BCUT2D eigenvalue weighted by atomic mass is 35.5. The fraction of sp³-hybridized carbons (Fsp3) is 0.350. The molecule has 3 rings (SSSR count). The number of carbonyl (C=O) groups excluding carboxylic acids is 1. The smallest absolute Gasteiger partial charge is 0.241 e. The first-order valence-electron chi connectivity index (χ1n) is 9.28. The third-order valence-corrected chi connectivity index (χ3v) is 7.48. The van der Waals surface area contributed by atoms with Crippen LogP contribution in [0.2, 0.25) is 10.0 Å². The van der Waals surface area contributed by atoms with Gasteiger partial charge in [-0.1, -0.05) is 59.6 Å². The summed E-state index contributed by atoms with van der Waals surface area (Å²) in [4.78, 5) is 14.6. The Bertz CT molecular complexity index is 942. The van der Waals surface area contributed by atoms with Crippen molar-refractivity contribution in [1.29, 1.82) is 0 Å². The fourth-order valence-electron chi connectivity index (χ4n) is 3.26. The van der Waals surface area contributed by atoms with Crippen molar-refractivity contribution in [2.45, 2.75) is 18.7 Å². The van der Waals surface area contributed by atoms with E-state index in [1.807, 2.05) is 23.1 Å². The third kappa shape index (κ3) is 5.49. The molecule has 1 amide bonds. The molecule has 1 saturated heterocycles. The van der Waals surface area contributed by atoms with E-state index in [0.717, 1.165) is 5.56 Å². The van der Waals surface area contributed by atoms with Crippen LogP contribution in [0.25, 0.3) is 0 Å². The highest BCUT2D eigenvalue weighted by molar-refractivity contribution is 7.88. The van der Waals surface area contributed by atoms with E-state index in [4.69, 9.17) is 23.2 Å². The number of piperazine rings is 1. The molecule has 29 heavy (non-hydrogen) atoms. The lowest BCUT2D eigenvalue weighted by Gasteiger charge is -2.36. The Labute approximate surface area is 181 Å². The molecule has 0 radical (unpaired) electrons. The van der Waals surface area contributed by atoms with Gasteiger partial charge >= 0.3 is 0 Å². The molecule has 1 atom stereocenters. The lowest BCUT2D eigenvalue weighted by Crippen LogP contribution is -2.54. The van der Waals surface area contributed by atoms with Crippen molar-refractivity contribution in [3.05, 3.63) is 64.1 Å². The number of rotatable bonds is 6. The molecule has 0 saturated carbocycles. The monoisotopic (exact) mass is 455 g/mol. The first-order valence-corrected chi connectivity index (χ1v) is 11.6. The number of halogens is 2. The Morgan fingerprint density at radius 2 is 1.59 bits per heavy atom. The summed E-state index contributed by atoms with van der Waals surface area (Å²) in [7, 11) is -3.39. The molecule has 0 aromatic heterocycles. The number of hydrogen-bond acceptors (Lipinski definition) is 4. The molecule has 1 aliphatic heterocycles. The zero-order valence-corrected chi connectivity index (χ0v) is 18.3. The summed E-state index contributed by atoms with van der Waals surface area (Å²) >= 11 is 12.2. The number of carbonyl (C=O) groups is 1. The van der Waals surface area contributed by atoms with E-state index in [1.165, 1.54) is 4.31 Å². The first kappa shape index (κ1) is 22.1. The average molecular weight is 456 g/mol. The van der Waals surface area contributed by atoms with Crippen LogP contribution in [-0.4, -0.2) is 55.8 Å². The standard InChI is InChI=1S/C20H23Cl2N3O3S/c1-15(20(26)23-19-17(21)8-5-9-18(19)22)24-10-12-25(13-11-24)29(27,28)14-16-6-3-2-4-7-16/h2-9,15H,10-14H2,1H3,(H,23,26)/t15-/m0/s1. The maximum absolute atomic E-state index is 12.7. The van der Waals surface area contributed by atoms with E-state index in [1.54, 1.807) is 37.3 Å². The SMILES string of the molecule is C[C@@H](C(=O)Nc1c(Cl)cccc1Cl)N1CCN(S(=O)(=O)Cc2ccccc2)CC1. The van der Waals surface area contributed by atoms with E-state index >= 15 is 0 Å². The summed E-state index contributed by atoms with van der Waals surface area (Å²) in [5.74, 6) is -0.255. The van der Waals surface area contributed by atoms with E-state index < -0.39 is 16.1 Å². The Morgan fingerprint density at radius 3 is 2.17 bits per heavy atom. The second-order valence-electron chi connectivity index (χ2n) is 6.94. The van der Waals surface area contributed by atoms with Crippen LogP contribution < -0.4 is 5.32 Å². The first-order chi connectivity index (χ1) is 13.8. The van der Waals surface area contributed by atoms with Crippen LogP contribution in [0.4, 0.5) is 5.69 Å². The number of nitrogens with one attached hydrogen (secondary N) is 1. The summed E-state index contributed by atoms with van der Waals surface area (Å²) in [6.07, 6.45) is 0. The van der Waals surface area contributed by atoms with Gasteiger partial charge in [-0.05, 0) is 24.6 Å². The van der Waals surface area contributed by atoms with Crippen molar-refractivity contribution in [2.75, 3.05) is 31.5 Å². The molecule has 0 unspecified atom stereocenters. The van der Waals surface area contributed by atoms with Crippen LogP contribution in [0, 0.1) is 0 Å². The van der Waals surface area contributed by atoms with Gasteiger partial charge in [-0.15, -0.1) is 0 Å². The topological polar surface area (TPSA) is 69.7 Å². The van der Waals surface area contributed by atoms with Gasteiger partial charge in [0.05, 0.1) is 27.5 Å². The summed E-state index contributed by atoms with van der Waals surface area (Å²) in [6.45, 7) is 3.42. The molecule has 1 heterocycles. The normalized spacial score (nSPS) is 17.1. The molecule has 1 aliphatic rings. The summed E-state index contributed by atoms with van der Waals surface area (Å²) in [6, 6.07) is 13.7. The molecule has 0 aliphatic carbocycles. The zero-order chi connectivity index (χ0) is 21.0. The van der Waals surface area contributed by atoms with Gasteiger partial charge in [-0.3, -0.25) is 9.69 Å². The van der Waals surface area contributed by atoms with Crippen molar-refractivity contribution in [1.82, 2.24) is 9.21 Å². The maximum atomic E-state index is 12.7. The molecule has 0 bridgehead atoms. The number of sulfonamides is 1. The van der Waals surface area contributed by atoms with Crippen molar-refractivity contribution in [3.8, 4) is 0 Å². The number of nitrogens with zero attached hydrogens (tertiary/aromatic N) is 2. The van der Waals surface area contributed by atoms with Gasteiger partial charge in [-0.2, -0.15) is 4.31 Å². The lowest BCUT2D eigenvalue weighted by atomic mass is 10.2. The predicted molar refractivity (Wildman–Crippen MR) is 117 cm³/mol. The summed E-state index contributed by atoms with van der Waals surface area (Å²) in [5, 5.41) is 3.51. The molecule has 9 heteroatoms. The predicted octanol–water partition coefficient (Wildman–Crippen LogP) is 3.47. The average Bonchev–Trinajstić information content (AvgIpc) is 2.70. The van der Waals surface area contributed by atoms with Gasteiger partial charge in [0.1, 0.15) is 0 Å². The molecule has 2 aromatic rings. The number of anilines is 1. The van der Waals surface area contributed by atoms with E-state index in [9.17, 15) is 13.2 Å². The molecule has 2 aromatic carbocycles. The Morgan fingerprint density at radius 1 is 1.00 bits per heavy atom. The molecule has 6 nitrogen and oxygen atoms in total. The van der Waals surface area contributed by atoms with Crippen molar-refractivity contribution in [2.24, 2.45) is 0 Å². The quantitative estimate of drug-likeness (QED) is 0.723. The number of hydrogen-bond donors (Lipinski definition) is 1. The Balaban J connectivity index is 1.57. The van der Waals surface area contributed by atoms with Crippen LogP contribution in [0.15, 0.2) is 48.5 Å². The minimum Gasteiger partial charge on any atom is -0.322 e. The van der Waals surface area contributed by atoms with E-state index in [-0.39, 0.29) is 11.7 Å². The van der Waals surface area contributed by atoms with Crippen LogP contribution >= 0.6 is 23.2 Å². The second kappa shape index (κ2) is 9.45. The zero-order valence-electron chi connectivity index (χ0n) is 16.0. The Hall–Kier alpha value is -1.64. The van der Waals surface area contributed by atoms with Gasteiger partial charge in [-0.25, -0.2) is 8.42 Å². The molecular weight excluding hydrogens is 433 g/mol. The van der Waals surface area contributed by atoms with Gasteiger partial charge in [0.25, 0.3) is 0 Å². The van der Waals surface area contributed by atoms with Gasteiger partial charge in [0.15, 0.2) is 0 Å². The van der Waals surface area contributed by atoms with Gasteiger partial charge < -0.3 is 5.32 Å². The molecular formula is C20H23Cl2N3O3S. The number of para-hydroxylation sites is 1. The lowest BCUT2D eigenvalue weighted by molar-refractivity contribution is -0.121. The van der Waals surface area contributed by atoms with Crippen LogP contribution in [-0.2, 0) is 20.6 Å². The second-order valence-corrected chi connectivity index (χ2v) is 9.72. The number of amides is 1.